The van der Waals surface area contributed by atoms with E-state index in [1.54, 1.807) is 24.3 Å². The smallest absolute Gasteiger partial charge is 0.354 e. The first-order chi connectivity index (χ1) is 12.5. The Hall–Kier alpha value is -3.25. The molecule has 3 rings (SSSR count). The third kappa shape index (κ3) is 3.87. The minimum Gasteiger partial charge on any atom is -0.477 e. The second kappa shape index (κ2) is 7.33. The SMILES string of the molecule is C=Cc1cc(C(=O)O)nc(-c2ccc(Oc3cc(Cl)ccc3F)cc2)n1. The van der Waals surface area contributed by atoms with Crippen molar-refractivity contribution in [2.45, 2.75) is 0 Å². The van der Waals surface area contributed by atoms with Gasteiger partial charge in [0.05, 0.1) is 5.69 Å². The number of carbonyl (C=O) groups is 1. The van der Waals surface area contributed by atoms with E-state index in [0.717, 1.165) is 0 Å². The van der Waals surface area contributed by atoms with Crippen molar-refractivity contribution in [3.8, 4) is 22.9 Å². The zero-order chi connectivity index (χ0) is 18.7. The maximum atomic E-state index is 13.7. The molecule has 3 aromatic rings. The van der Waals surface area contributed by atoms with E-state index in [1.807, 2.05) is 0 Å². The van der Waals surface area contributed by atoms with Gasteiger partial charge in [-0.25, -0.2) is 19.2 Å². The number of benzene rings is 2. The number of hydrogen-bond acceptors (Lipinski definition) is 4. The summed E-state index contributed by atoms with van der Waals surface area (Å²) >= 11 is 5.84. The largest absolute Gasteiger partial charge is 0.477 e. The zero-order valence-corrected chi connectivity index (χ0v) is 14.1. The molecule has 130 valence electrons. The van der Waals surface area contributed by atoms with Crippen molar-refractivity contribution in [3.63, 3.8) is 0 Å². The van der Waals surface area contributed by atoms with Gasteiger partial charge in [-0.1, -0.05) is 18.2 Å². The van der Waals surface area contributed by atoms with Gasteiger partial charge in [0, 0.05) is 16.7 Å². The van der Waals surface area contributed by atoms with Crippen LogP contribution in [0.15, 0.2) is 55.1 Å². The van der Waals surface area contributed by atoms with E-state index in [0.29, 0.717) is 22.0 Å². The number of rotatable bonds is 5. The lowest BCUT2D eigenvalue weighted by Crippen LogP contribution is -2.04. The van der Waals surface area contributed by atoms with E-state index >= 15 is 0 Å². The van der Waals surface area contributed by atoms with Crippen LogP contribution in [-0.2, 0) is 0 Å². The standard InChI is InChI=1S/C19H12ClFN2O3/c1-2-13-10-16(19(24)25)23-18(22-13)11-3-6-14(7-4-11)26-17-9-12(20)5-8-15(17)21/h2-10H,1H2,(H,24,25). The second-order valence-corrected chi connectivity index (χ2v) is 5.65. The Labute approximate surface area is 153 Å². The van der Waals surface area contributed by atoms with Crippen molar-refractivity contribution in [2.24, 2.45) is 0 Å². The summed E-state index contributed by atoms with van der Waals surface area (Å²) in [4.78, 5) is 19.4. The van der Waals surface area contributed by atoms with Gasteiger partial charge in [-0.3, -0.25) is 0 Å². The minimum atomic E-state index is -1.16. The van der Waals surface area contributed by atoms with Crippen LogP contribution >= 0.6 is 11.6 Å². The Morgan fingerprint density at radius 2 is 1.88 bits per heavy atom. The summed E-state index contributed by atoms with van der Waals surface area (Å²) < 4.78 is 19.2. The summed E-state index contributed by atoms with van der Waals surface area (Å²) in [6.45, 7) is 3.59. The summed E-state index contributed by atoms with van der Waals surface area (Å²) in [5, 5.41) is 9.50. The van der Waals surface area contributed by atoms with Crippen molar-refractivity contribution in [1.29, 1.82) is 0 Å². The van der Waals surface area contributed by atoms with Crippen LogP contribution in [0.4, 0.5) is 4.39 Å². The van der Waals surface area contributed by atoms with Crippen LogP contribution in [0.3, 0.4) is 0 Å². The number of halogens is 2. The predicted octanol–water partition coefficient (Wildman–Crippen LogP) is 5.07. The van der Waals surface area contributed by atoms with E-state index in [9.17, 15) is 9.18 Å². The number of nitrogens with zero attached hydrogens (tertiary/aromatic N) is 2. The van der Waals surface area contributed by atoms with Crippen LogP contribution < -0.4 is 4.74 Å². The Bertz CT molecular complexity index is 991. The lowest BCUT2D eigenvalue weighted by Gasteiger charge is -2.08. The number of aromatic carboxylic acids is 1. The minimum absolute atomic E-state index is 0.00307. The molecule has 0 bridgehead atoms. The van der Waals surface area contributed by atoms with E-state index in [4.69, 9.17) is 21.4 Å². The van der Waals surface area contributed by atoms with Crippen molar-refractivity contribution in [3.05, 3.63) is 77.3 Å². The van der Waals surface area contributed by atoms with E-state index in [2.05, 4.69) is 16.5 Å². The molecule has 7 heteroatoms. The average Bonchev–Trinajstić information content (AvgIpc) is 2.65. The van der Waals surface area contributed by atoms with Crippen molar-refractivity contribution in [1.82, 2.24) is 9.97 Å². The number of carboxylic acid groups (broad SMARTS) is 1. The third-order valence-corrected chi connectivity index (χ3v) is 3.64. The zero-order valence-electron chi connectivity index (χ0n) is 13.3. The lowest BCUT2D eigenvalue weighted by atomic mass is 10.2. The Morgan fingerprint density at radius 3 is 2.54 bits per heavy atom. The van der Waals surface area contributed by atoms with Gasteiger partial charge >= 0.3 is 5.97 Å². The summed E-state index contributed by atoms with van der Waals surface area (Å²) in [5.74, 6) is -1.07. The summed E-state index contributed by atoms with van der Waals surface area (Å²) in [5.41, 5.74) is 0.843. The van der Waals surface area contributed by atoms with Crippen molar-refractivity contribution in [2.75, 3.05) is 0 Å². The normalized spacial score (nSPS) is 10.4. The fraction of sp³-hybridized carbons (Fsp3) is 0. The molecule has 0 aliphatic carbocycles. The molecule has 1 heterocycles. The van der Waals surface area contributed by atoms with Crippen LogP contribution in [0.2, 0.25) is 5.02 Å². The highest BCUT2D eigenvalue weighted by molar-refractivity contribution is 6.30. The summed E-state index contributed by atoms with van der Waals surface area (Å²) in [6, 6.07) is 11.8. The van der Waals surface area contributed by atoms with E-state index in [-0.39, 0.29) is 17.3 Å². The molecule has 5 nitrogen and oxygen atoms in total. The number of ether oxygens (including phenoxy) is 1. The molecule has 0 fully saturated rings. The molecule has 0 amide bonds. The van der Waals surface area contributed by atoms with Gasteiger partial charge in [0.25, 0.3) is 0 Å². The van der Waals surface area contributed by atoms with Gasteiger partial charge in [0.2, 0.25) is 0 Å². The molecular weight excluding hydrogens is 359 g/mol. The molecule has 26 heavy (non-hydrogen) atoms. The molecule has 0 unspecified atom stereocenters. The first kappa shape index (κ1) is 17.6. The van der Waals surface area contributed by atoms with Gasteiger partial charge in [-0.05, 0) is 48.5 Å². The van der Waals surface area contributed by atoms with Crippen LogP contribution in [-0.4, -0.2) is 21.0 Å². The monoisotopic (exact) mass is 370 g/mol. The molecule has 2 aromatic carbocycles. The summed E-state index contributed by atoms with van der Waals surface area (Å²) in [6.07, 6.45) is 1.44. The topological polar surface area (TPSA) is 72.3 Å². The van der Waals surface area contributed by atoms with Gasteiger partial charge in [-0.2, -0.15) is 0 Å². The first-order valence-corrected chi connectivity index (χ1v) is 7.82. The number of hydrogen-bond donors (Lipinski definition) is 1. The highest BCUT2D eigenvalue weighted by Crippen LogP contribution is 2.28. The van der Waals surface area contributed by atoms with Crippen LogP contribution in [0.1, 0.15) is 16.2 Å². The molecule has 0 aliphatic heterocycles. The molecule has 1 aromatic heterocycles. The van der Waals surface area contributed by atoms with Crippen molar-refractivity contribution >= 4 is 23.6 Å². The fourth-order valence-electron chi connectivity index (χ4n) is 2.16. The summed E-state index contributed by atoms with van der Waals surface area (Å²) in [7, 11) is 0. The predicted molar refractivity (Wildman–Crippen MR) is 96.0 cm³/mol. The molecule has 0 radical (unpaired) electrons. The Morgan fingerprint density at radius 1 is 1.15 bits per heavy atom. The highest BCUT2D eigenvalue weighted by Gasteiger charge is 2.11. The Balaban J connectivity index is 1.90. The van der Waals surface area contributed by atoms with Crippen molar-refractivity contribution < 1.29 is 19.0 Å². The molecule has 0 atom stereocenters. The fourth-order valence-corrected chi connectivity index (χ4v) is 2.33. The molecule has 0 saturated carbocycles. The molecular formula is C19H12ClFN2O3. The van der Waals surface area contributed by atoms with E-state index < -0.39 is 11.8 Å². The number of carboxylic acids is 1. The van der Waals surface area contributed by atoms with Crippen LogP contribution in [0.25, 0.3) is 17.5 Å². The quantitative estimate of drug-likeness (QED) is 0.678. The Kier molecular flexibility index (Phi) is 4.95. The average molecular weight is 371 g/mol. The third-order valence-electron chi connectivity index (χ3n) is 3.41. The van der Waals surface area contributed by atoms with Gasteiger partial charge in [-0.15, -0.1) is 0 Å². The second-order valence-electron chi connectivity index (χ2n) is 5.21. The number of aromatic nitrogens is 2. The lowest BCUT2D eigenvalue weighted by molar-refractivity contribution is 0.0690. The van der Waals surface area contributed by atoms with Crippen LogP contribution in [0.5, 0.6) is 11.5 Å². The maximum absolute atomic E-state index is 13.7. The molecule has 0 spiro atoms. The van der Waals surface area contributed by atoms with Gasteiger partial charge in [0.15, 0.2) is 23.1 Å². The van der Waals surface area contributed by atoms with Gasteiger partial charge < -0.3 is 9.84 Å². The molecule has 0 saturated heterocycles. The highest BCUT2D eigenvalue weighted by atomic mass is 35.5. The molecule has 0 aliphatic rings. The first-order valence-electron chi connectivity index (χ1n) is 7.44. The van der Waals surface area contributed by atoms with Gasteiger partial charge in [0.1, 0.15) is 5.75 Å². The van der Waals surface area contributed by atoms with E-state index in [1.165, 1.54) is 30.3 Å². The molecule has 1 N–H and O–H groups in total. The van der Waals surface area contributed by atoms with Crippen LogP contribution in [0, 0.1) is 5.82 Å². The maximum Gasteiger partial charge on any atom is 0.354 e.